The van der Waals surface area contributed by atoms with E-state index < -0.39 is 0 Å². The van der Waals surface area contributed by atoms with Gasteiger partial charge in [-0.3, -0.25) is 0 Å². The van der Waals surface area contributed by atoms with Crippen molar-refractivity contribution in [2.45, 2.75) is 19.4 Å². The van der Waals surface area contributed by atoms with Crippen molar-refractivity contribution >= 4 is 11.8 Å². The summed E-state index contributed by atoms with van der Waals surface area (Å²) in [7, 11) is 3.90. The first-order valence-electron chi connectivity index (χ1n) is 5.58. The van der Waals surface area contributed by atoms with Crippen molar-refractivity contribution in [2.24, 2.45) is 0 Å². The van der Waals surface area contributed by atoms with Gasteiger partial charge in [-0.25, -0.2) is 4.98 Å². The van der Waals surface area contributed by atoms with Crippen LogP contribution in [0.1, 0.15) is 12.6 Å². The largest absolute Gasteiger partial charge is 0.377 e. The fraction of sp³-hybridized carbons (Fsp3) is 0.636. The molecular formula is C11H18N4O. The van der Waals surface area contributed by atoms with Gasteiger partial charge in [0.15, 0.2) is 0 Å². The maximum atomic E-state index is 5.13. The molecule has 1 aliphatic heterocycles. The monoisotopic (exact) mass is 222 g/mol. The van der Waals surface area contributed by atoms with Gasteiger partial charge in [0.1, 0.15) is 5.82 Å². The van der Waals surface area contributed by atoms with Crippen molar-refractivity contribution < 1.29 is 4.74 Å². The molecule has 0 aliphatic carbocycles. The summed E-state index contributed by atoms with van der Waals surface area (Å²) in [5.41, 5.74) is 1.06. The first-order valence-corrected chi connectivity index (χ1v) is 5.58. The average molecular weight is 222 g/mol. The normalized spacial score (nSPS) is 15.7. The van der Waals surface area contributed by atoms with Gasteiger partial charge in [0, 0.05) is 25.9 Å². The van der Waals surface area contributed by atoms with E-state index in [1.807, 2.05) is 25.1 Å². The van der Waals surface area contributed by atoms with Gasteiger partial charge in [0.05, 0.1) is 19.3 Å². The first-order chi connectivity index (χ1) is 7.69. The Morgan fingerprint density at radius 2 is 2.19 bits per heavy atom. The Kier molecular flexibility index (Phi) is 3.24. The zero-order chi connectivity index (χ0) is 11.5. The van der Waals surface area contributed by atoms with Gasteiger partial charge in [0.2, 0.25) is 5.95 Å². The van der Waals surface area contributed by atoms with E-state index in [0.717, 1.165) is 37.1 Å². The lowest BCUT2D eigenvalue weighted by molar-refractivity contribution is 0.0209. The highest BCUT2D eigenvalue weighted by atomic mass is 16.5. The number of ether oxygens (including phenoxy) is 1. The van der Waals surface area contributed by atoms with E-state index in [1.165, 1.54) is 0 Å². The minimum absolute atomic E-state index is 0.398. The predicted molar refractivity (Wildman–Crippen MR) is 64.0 cm³/mol. The van der Waals surface area contributed by atoms with Crippen LogP contribution in [-0.2, 0) is 11.2 Å². The van der Waals surface area contributed by atoms with Crippen LogP contribution in [0, 0.1) is 0 Å². The van der Waals surface area contributed by atoms with Gasteiger partial charge in [-0.2, -0.15) is 4.98 Å². The number of hydrogen-bond acceptors (Lipinski definition) is 5. The number of nitrogens with one attached hydrogen (secondary N) is 1. The molecular weight excluding hydrogens is 204 g/mol. The highest BCUT2D eigenvalue weighted by Crippen LogP contribution is 2.15. The zero-order valence-electron chi connectivity index (χ0n) is 10.0. The van der Waals surface area contributed by atoms with Crippen LogP contribution in [0.2, 0.25) is 0 Å². The quantitative estimate of drug-likeness (QED) is 0.820. The van der Waals surface area contributed by atoms with Crippen LogP contribution in [0.4, 0.5) is 11.8 Å². The number of aryl methyl sites for hydroxylation is 1. The number of aromatic nitrogens is 2. The third-order valence-electron chi connectivity index (χ3n) is 2.52. The van der Waals surface area contributed by atoms with Gasteiger partial charge >= 0.3 is 0 Å². The standard InChI is InChI=1S/C11H18N4O/c1-4-8-5-10(12-9-6-16-7-9)14-11(13-8)15(2)3/h5,9H,4,6-7H2,1-3H3,(H,12,13,14). The molecule has 5 heteroatoms. The van der Waals surface area contributed by atoms with Crippen LogP contribution in [0.5, 0.6) is 0 Å². The third kappa shape index (κ3) is 2.41. The Hall–Kier alpha value is -1.36. The molecule has 16 heavy (non-hydrogen) atoms. The average Bonchev–Trinajstić information content (AvgIpc) is 2.23. The molecule has 5 nitrogen and oxygen atoms in total. The topological polar surface area (TPSA) is 50.3 Å². The van der Waals surface area contributed by atoms with E-state index in [1.54, 1.807) is 0 Å². The maximum Gasteiger partial charge on any atom is 0.226 e. The predicted octanol–water partition coefficient (Wildman–Crippen LogP) is 0.916. The maximum absolute atomic E-state index is 5.13. The van der Waals surface area contributed by atoms with E-state index in [0.29, 0.717) is 6.04 Å². The highest BCUT2D eigenvalue weighted by Gasteiger charge is 2.18. The number of rotatable bonds is 4. The lowest BCUT2D eigenvalue weighted by Crippen LogP contribution is -2.40. The molecule has 0 aromatic carbocycles. The molecule has 1 aromatic rings. The zero-order valence-corrected chi connectivity index (χ0v) is 10.0. The number of anilines is 2. The second kappa shape index (κ2) is 4.65. The van der Waals surface area contributed by atoms with Crippen LogP contribution in [0.25, 0.3) is 0 Å². The Morgan fingerprint density at radius 3 is 2.69 bits per heavy atom. The minimum atomic E-state index is 0.398. The van der Waals surface area contributed by atoms with E-state index in [-0.39, 0.29) is 0 Å². The summed E-state index contributed by atoms with van der Waals surface area (Å²) < 4.78 is 5.13. The van der Waals surface area contributed by atoms with Crippen molar-refractivity contribution in [1.82, 2.24) is 9.97 Å². The molecule has 0 unspecified atom stereocenters. The fourth-order valence-electron chi connectivity index (χ4n) is 1.47. The summed E-state index contributed by atoms with van der Waals surface area (Å²) in [6, 6.07) is 2.40. The van der Waals surface area contributed by atoms with Gasteiger partial charge in [0.25, 0.3) is 0 Å². The van der Waals surface area contributed by atoms with Crippen molar-refractivity contribution in [2.75, 3.05) is 37.5 Å². The molecule has 1 saturated heterocycles. The van der Waals surface area contributed by atoms with Crippen molar-refractivity contribution in [3.63, 3.8) is 0 Å². The summed E-state index contributed by atoms with van der Waals surface area (Å²) in [4.78, 5) is 10.8. The molecule has 0 atom stereocenters. The lowest BCUT2D eigenvalue weighted by Gasteiger charge is -2.27. The van der Waals surface area contributed by atoms with Gasteiger partial charge in [-0.05, 0) is 6.42 Å². The summed E-state index contributed by atoms with van der Waals surface area (Å²) >= 11 is 0. The molecule has 2 rings (SSSR count). The van der Waals surface area contributed by atoms with Crippen LogP contribution in [-0.4, -0.2) is 43.3 Å². The summed E-state index contributed by atoms with van der Waals surface area (Å²) in [6.07, 6.45) is 0.916. The summed E-state index contributed by atoms with van der Waals surface area (Å²) in [6.45, 7) is 3.63. The Balaban J connectivity index is 2.18. The molecule has 1 fully saturated rings. The van der Waals surface area contributed by atoms with E-state index in [4.69, 9.17) is 4.74 Å². The van der Waals surface area contributed by atoms with Crippen molar-refractivity contribution in [1.29, 1.82) is 0 Å². The molecule has 1 aromatic heterocycles. The molecule has 1 N–H and O–H groups in total. The highest BCUT2D eigenvalue weighted by molar-refractivity contribution is 5.44. The third-order valence-corrected chi connectivity index (χ3v) is 2.52. The Morgan fingerprint density at radius 1 is 1.44 bits per heavy atom. The molecule has 0 amide bonds. The molecule has 0 spiro atoms. The van der Waals surface area contributed by atoms with Gasteiger partial charge < -0.3 is 15.0 Å². The van der Waals surface area contributed by atoms with Gasteiger partial charge in [-0.1, -0.05) is 6.92 Å². The van der Waals surface area contributed by atoms with E-state index in [9.17, 15) is 0 Å². The molecule has 88 valence electrons. The second-order valence-corrected chi connectivity index (χ2v) is 4.17. The molecule has 0 saturated carbocycles. The number of hydrogen-bond donors (Lipinski definition) is 1. The number of nitrogens with zero attached hydrogens (tertiary/aromatic N) is 3. The van der Waals surface area contributed by atoms with Gasteiger partial charge in [-0.15, -0.1) is 0 Å². The summed E-state index contributed by atoms with van der Waals surface area (Å²) in [5.74, 6) is 1.64. The van der Waals surface area contributed by atoms with Crippen LogP contribution in [0.3, 0.4) is 0 Å². The second-order valence-electron chi connectivity index (χ2n) is 4.17. The lowest BCUT2D eigenvalue weighted by atomic mass is 10.2. The smallest absolute Gasteiger partial charge is 0.226 e. The molecule has 0 bridgehead atoms. The Labute approximate surface area is 95.8 Å². The van der Waals surface area contributed by atoms with E-state index >= 15 is 0 Å². The molecule has 2 heterocycles. The van der Waals surface area contributed by atoms with Crippen LogP contribution < -0.4 is 10.2 Å². The Bertz CT molecular complexity index is 363. The van der Waals surface area contributed by atoms with Crippen molar-refractivity contribution in [3.8, 4) is 0 Å². The minimum Gasteiger partial charge on any atom is -0.377 e. The van der Waals surface area contributed by atoms with Crippen molar-refractivity contribution in [3.05, 3.63) is 11.8 Å². The SMILES string of the molecule is CCc1cc(NC2COC2)nc(N(C)C)n1. The molecule has 0 radical (unpaired) electrons. The molecule has 1 aliphatic rings. The van der Waals surface area contributed by atoms with E-state index in [2.05, 4.69) is 22.2 Å². The van der Waals surface area contributed by atoms with Crippen LogP contribution >= 0.6 is 0 Å². The van der Waals surface area contributed by atoms with Crippen LogP contribution in [0.15, 0.2) is 6.07 Å². The first kappa shape index (κ1) is 11.1. The summed E-state index contributed by atoms with van der Waals surface area (Å²) in [5, 5.41) is 3.35. The fourth-order valence-corrected chi connectivity index (χ4v) is 1.47.